The molecule has 17 heteroatoms. The normalized spacial score (nSPS) is 23.6. The topological polar surface area (TPSA) is 190 Å². The number of oxime groups is 1. The van der Waals surface area contributed by atoms with Gasteiger partial charge in [-0.05, 0) is 30.0 Å². The van der Waals surface area contributed by atoms with Crippen LogP contribution in [0.2, 0.25) is 0 Å². The fraction of sp³-hybridized carbons (Fsp3) is 0.333. The van der Waals surface area contributed by atoms with Crippen molar-refractivity contribution in [3.05, 3.63) is 52.1 Å². The molecule has 212 valence electrons. The first-order valence-electron chi connectivity index (χ1n) is 12.4. The van der Waals surface area contributed by atoms with Crippen molar-refractivity contribution >= 4 is 87.5 Å². The molecule has 1 saturated heterocycles. The molecule has 13 nitrogen and oxygen atoms in total. The van der Waals surface area contributed by atoms with Gasteiger partial charge in [-0.15, -0.1) is 35.3 Å². The summed E-state index contributed by atoms with van der Waals surface area (Å²) in [5.41, 5.74) is 8.06. The average molecular weight is 631 g/mol. The molecule has 4 N–H and O–H groups in total. The Morgan fingerprint density at radius 2 is 2.22 bits per heavy atom. The number of carbonyl (C=O) groups excluding carboxylic acids is 3. The third-order valence-corrected chi connectivity index (χ3v) is 11.2. The lowest BCUT2D eigenvalue weighted by atomic mass is 10.0. The summed E-state index contributed by atoms with van der Waals surface area (Å²) >= 11 is 5.26. The van der Waals surface area contributed by atoms with E-state index in [9.17, 15) is 24.7 Å². The number of hydrogen-bond acceptors (Lipinski definition) is 14. The summed E-state index contributed by atoms with van der Waals surface area (Å²) in [6, 6.07) is 3.17. The number of rotatable bonds is 8. The molecule has 0 aromatic carbocycles. The van der Waals surface area contributed by atoms with Crippen LogP contribution in [-0.4, -0.2) is 76.7 Å². The summed E-state index contributed by atoms with van der Waals surface area (Å²) in [5, 5.41) is 28.3. The highest BCUT2D eigenvalue weighted by molar-refractivity contribution is 8.19. The third kappa shape index (κ3) is 5.22. The number of nitrogens with zero attached hydrogens (tertiary/aromatic N) is 6. The Morgan fingerprint density at radius 3 is 2.93 bits per heavy atom. The number of thioether (sulfide) groups is 3. The highest BCUT2D eigenvalue weighted by Gasteiger charge is 2.53. The van der Waals surface area contributed by atoms with Crippen LogP contribution < -0.4 is 20.7 Å². The van der Waals surface area contributed by atoms with Crippen molar-refractivity contribution in [3.63, 3.8) is 0 Å². The monoisotopic (exact) mass is 630 g/mol. The lowest BCUT2D eigenvalue weighted by Gasteiger charge is -2.50. The van der Waals surface area contributed by atoms with Gasteiger partial charge in [-0.1, -0.05) is 16.2 Å². The first-order chi connectivity index (χ1) is 19.9. The van der Waals surface area contributed by atoms with E-state index in [-0.39, 0.29) is 21.2 Å². The van der Waals surface area contributed by atoms with Gasteiger partial charge in [0.2, 0.25) is 11.5 Å². The van der Waals surface area contributed by atoms with E-state index in [2.05, 4.69) is 35.5 Å². The maximum absolute atomic E-state index is 13.0. The molecule has 1 fully saturated rings. The van der Waals surface area contributed by atoms with Crippen molar-refractivity contribution in [2.45, 2.75) is 35.3 Å². The van der Waals surface area contributed by atoms with E-state index in [4.69, 9.17) is 5.73 Å². The second-order valence-electron chi connectivity index (χ2n) is 9.28. The predicted octanol–water partition coefficient (Wildman–Crippen LogP) is -0.188. The molecule has 2 amide bonds. The number of aliphatic imine (C=N–C) groups is 1. The number of amides is 2. The van der Waals surface area contributed by atoms with Crippen molar-refractivity contribution in [1.82, 2.24) is 19.6 Å². The first-order valence-corrected chi connectivity index (χ1v) is 16.2. The second kappa shape index (κ2) is 11.5. The number of β-lactam (4-membered cyclic amide) rings is 1. The minimum atomic E-state index is -1.45. The van der Waals surface area contributed by atoms with E-state index in [0.717, 1.165) is 41.5 Å². The average Bonchev–Trinajstić information content (AvgIpc) is 3.64. The molecule has 1 aliphatic carbocycles. The number of hydrogen-bond donors (Lipinski definition) is 3. The van der Waals surface area contributed by atoms with E-state index >= 15 is 0 Å². The van der Waals surface area contributed by atoms with Crippen LogP contribution in [0.15, 0.2) is 45.2 Å². The Bertz CT molecular complexity index is 1570. The molecule has 3 atom stereocenters. The smallest absolute Gasteiger partial charge is 0.333 e. The fourth-order valence-corrected chi connectivity index (χ4v) is 8.89. The van der Waals surface area contributed by atoms with Crippen molar-refractivity contribution in [2.75, 3.05) is 17.2 Å². The van der Waals surface area contributed by atoms with Crippen LogP contribution in [0.5, 0.6) is 0 Å². The lowest BCUT2D eigenvalue weighted by molar-refractivity contribution is -0.590. The summed E-state index contributed by atoms with van der Waals surface area (Å²) in [5.74, 6) is -1.56. The zero-order chi connectivity index (χ0) is 28.7. The van der Waals surface area contributed by atoms with E-state index < -0.39 is 34.9 Å². The van der Waals surface area contributed by atoms with Crippen LogP contribution in [-0.2, 0) is 27.2 Å². The zero-order valence-corrected chi connectivity index (χ0v) is 24.4. The van der Waals surface area contributed by atoms with Crippen molar-refractivity contribution in [1.29, 1.82) is 0 Å². The standard InChI is InChI=1S/C24H22N8O5S4/c25-24-28-19(30-41-24)16(29-37)20(33)27-17-21(34)32-18(23(35)36)12(9-40-22(17)32)8-38-15-7-26-14(10-39-15)31-6-2-4-11-3-1-5-13(11)31/h2,4,6-7,10,15,17,22H,1,3,5,8-9H2,(H4-,25,27,28,30,33,35,36,37)/t15?,17-,22?/m1/s1. The van der Waals surface area contributed by atoms with Gasteiger partial charge in [0.15, 0.2) is 5.13 Å². The molecule has 4 aliphatic rings. The summed E-state index contributed by atoms with van der Waals surface area (Å²) in [7, 11) is 0. The zero-order valence-electron chi connectivity index (χ0n) is 21.1. The molecule has 5 heterocycles. The largest absolute Gasteiger partial charge is 0.543 e. The van der Waals surface area contributed by atoms with Gasteiger partial charge in [0.25, 0.3) is 11.8 Å². The molecule has 0 bridgehead atoms. The Morgan fingerprint density at radius 1 is 1.37 bits per heavy atom. The van der Waals surface area contributed by atoms with E-state index in [1.165, 1.54) is 34.8 Å². The quantitative estimate of drug-likeness (QED) is 0.115. The van der Waals surface area contributed by atoms with Crippen LogP contribution >= 0.6 is 46.8 Å². The highest BCUT2D eigenvalue weighted by atomic mass is 32.2. The van der Waals surface area contributed by atoms with Gasteiger partial charge in [0.1, 0.15) is 27.9 Å². The number of anilines is 1. The van der Waals surface area contributed by atoms with E-state index in [1.54, 1.807) is 11.8 Å². The highest BCUT2D eigenvalue weighted by Crippen LogP contribution is 2.42. The Hall–Kier alpha value is -3.41. The van der Waals surface area contributed by atoms with Gasteiger partial charge in [0, 0.05) is 29.5 Å². The maximum Gasteiger partial charge on any atom is 0.333 e. The Labute approximate surface area is 250 Å². The molecular weight excluding hydrogens is 609 g/mol. The molecule has 6 rings (SSSR count). The number of aromatic nitrogens is 3. The molecule has 0 radical (unpaired) electrons. The number of aryl methyl sites for hydroxylation is 1. The van der Waals surface area contributed by atoms with Gasteiger partial charge in [-0.3, -0.25) is 14.5 Å². The summed E-state index contributed by atoms with van der Waals surface area (Å²) in [4.78, 5) is 47.4. The van der Waals surface area contributed by atoms with Crippen LogP contribution in [0.4, 0.5) is 5.13 Å². The number of nitrogens with two attached hydrogens (primary N) is 1. The number of carbonyl (C=O) groups is 3. The number of nitrogen functional groups attached to an aromatic ring is 1. The van der Waals surface area contributed by atoms with Crippen LogP contribution in [0, 0.1) is 0 Å². The van der Waals surface area contributed by atoms with Gasteiger partial charge in [-0.2, -0.15) is 13.9 Å². The summed E-state index contributed by atoms with van der Waals surface area (Å²) < 4.78 is 5.94. The van der Waals surface area contributed by atoms with Gasteiger partial charge >= 0.3 is 5.82 Å². The number of aliphatic carboxylic acids is 1. The van der Waals surface area contributed by atoms with Crippen LogP contribution in [0.3, 0.4) is 0 Å². The fourth-order valence-electron chi connectivity index (χ4n) is 4.99. The molecule has 2 aromatic heterocycles. The lowest BCUT2D eigenvalue weighted by Crippen LogP contribution is -2.71. The Kier molecular flexibility index (Phi) is 7.76. The SMILES string of the molecule is Nc1nc(/C(=N/O)C(=O)N[C@@H]2C(=O)N3C(C(=O)[O-])=C(CSC4C=NC([n+]5cccc6c5CCC6)=CS4)CSC23)ns1. The van der Waals surface area contributed by atoms with Gasteiger partial charge < -0.3 is 26.2 Å². The van der Waals surface area contributed by atoms with E-state index in [1.807, 2.05) is 23.9 Å². The number of pyridine rings is 1. The van der Waals surface area contributed by atoms with Crippen molar-refractivity contribution in [3.8, 4) is 0 Å². The van der Waals surface area contributed by atoms with Gasteiger partial charge in [-0.25, -0.2) is 0 Å². The van der Waals surface area contributed by atoms with Crippen LogP contribution in [0.1, 0.15) is 23.5 Å². The van der Waals surface area contributed by atoms with Crippen molar-refractivity contribution in [2.24, 2.45) is 10.1 Å². The summed E-state index contributed by atoms with van der Waals surface area (Å²) in [6.45, 7) is 0. The molecule has 2 unspecified atom stereocenters. The predicted molar refractivity (Wildman–Crippen MR) is 155 cm³/mol. The second-order valence-corrected chi connectivity index (χ2v) is 13.6. The van der Waals surface area contributed by atoms with E-state index in [0.29, 0.717) is 17.1 Å². The number of nitrogens with one attached hydrogen (secondary N) is 1. The minimum absolute atomic E-state index is 0.0296. The minimum Gasteiger partial charge on any atom is -0.543 e. The summed E-state index contributed by atoms with van der Waals surface area (Å²) in [6.07, 6.45) is 7.13. The molecule has 0 spiro atoms. The van der Waals surface area contributed by atoms with Gasteiger partial charge in [0.05, 0.1) is 23.3 Å². The molecule has 3 aliphatic heterocycles. The third-order valence-electron chi connectivity index (χ3n) is 6.85. The molecule has 0 saturated carbocycles. The Balaban J connectivity index is 1.10. The molecule has 41 heavy (non-hydrogen) atoms. The molecular formula is C24H22N8O5S4. The number of carboxylic acid groups (broad SMARTS) is 1. The maximum atomic E-state index is 13.0. The first kappa shape index (κ1) is 27.7. The van der Waals surface area contributed by atoms with Crippen LogP contribution in [0.25, 0.3) is 5.82 Å². The number of carboxylic acids is 1. The number of fused-ring (bicyclic) bond motifs is 2. The van der Waals surface area contributed by atoms with Crippen molar-refractivity contribution < 1.29 is 29.3 Å². The molecule has 2 aromatic rings.